The van der Waals surface area contributed by atoms with Gasteiger partial charge in [-0.05, 0) is 25.7 Å². The van der Waals surface area contributed by atoms with Crippen LogP contribution in [0.2, 0.25) is 0 Å². The van der Waals surface area contributed by atoms with Gasteiger partial charge in [0.1, 0.15) is 0 Å². The first-order chi connectivity index (χ1) is 8.18. The maximum Gasteiger partial charge on any atom is 0.306 e. The minimum absolute atomic E-state index is 0.213. The second kappa shape index (κ2) is 5.52. The standard InChI is InChI=1S/C13H21NO3/c15-12(10-4-2-1-3-5-10)14-8-6-11(7-9-14)13(16)17/h10-11H,1-9H2,(H,16,17). The third-order valence-electron chi connectivity index (χ3n) is 4.11. The minimum Gasteiger partial charge on any atom is -0.481 e. The van der Waals surface area contributed by atoms with Gasteiger partial charge in [-0.2, -0.15) is 0 Å². The minimum atomic E-state index is -0.713. The zero-order valence-electron chi connectivity index (χ0n) is 10.2. The summed E-state index contributed by atoms with van der Waals surface area (Å²) in [5, 5.41) is 8.91. The van der Waals surface area contributed by atoms with E-state index in [0.29, 0.717) is 25.9 Å². The molecular formula is C13H21NO3. The Balaban J connectivity index is 1.83. The van der Waals surface area contributed by atoms with Gasteiger partial charge in [-0.15, -0.1) is 0 Å². The van der Waals surface area contributed by atoms with Crippen LogP contribution in [0, 0.1) is 11.8 Å². The van der Waals surface area contributed by atoms with E-state index in [-0.39, 0.29) is 17.7 Å². The predicted molar refractivity (Wildman–Crippen MR) is 63.5 cm³/mol. The van der Waals surface area contributed by atoms with Gasteiger partial charge in [0, 0.05) is 19.0 Å². The van der Waals surface area contributed by atoms with E-state index in [1.807, 2.05) is 4.90 Å². The van der Waals surface area contributed by atoms with Crippen LogP contribution in [-0.4, -0.2) is 35.0 Å². The van der Waals surface area contributed by atoms with Gasteiger partial charge in [-0.25, -0.2) is 0 Å². The van der Waals surface area contributed by atoms with Crippen LogP contribution in [-0.2, 0) is 9.59 Å². The molecule has 2 fully saturated rings. The average molecular weight is 239 g/mol. The number of carbonyl (C=O) groups is 2. The lowest BCUT2D eigenvalue weighted by atomic mass is 9.87. The number of aliphatic carboxylic acids is 1. The lowest BCUT2D eigenvalue weighted by molar-refractivity contribution is -0.147. The van der Waals surface area contributed by atoms with E-state index in [2.05, 4.69) is 0 Å². The fourth-order valence-electron chi connectivity index (χ4n) is 2.95. The Bertz CT molecular complexity index is 289. The van der Waals surface area contributed by atoms with Crippen molar-refractivity contribution in [3.05, 3.63) is 0 Å². The topological polar surface area (TPSA) is 57.6 Å². The van der Waals surface area contributed by atoms with Gasteiger partial charge in [-0.1, -0.05) is 19.3 Å². The van der Waals surface area contributed by atoms with Crippen LogP contribution in [0.25, 0.3) is 0 Å². The molecule has 1 saturated carbocycles. The van der Waals surface area contributed by atoms with Crippen molar-refractivity contribution in [1.29, 1.82) is 0 Å². The number of rotatable bonds is 2. The maximum absolute atomic E-state index is 12.2. The van der Waals surface area contributed by atoms with Crippen molar-refractivity contribution in [3.63, 3.8) is 0 Å². The van der Waals surface area contributed by atoms with Gasteiger partial charge in [0.05, 0.1) is 5.92 Å². The molecule has 0 atom stereocenters. The third kappa shape index (κ3) is 2.99. The van der Waals surface area contributed by atoms with Crippen molar-refractivity contribution in [2.24, 2.45) is 11.8 Å². The monoisotopic (exact) mass is 239 g/mol. The molecule has 0 unspecified atom stereocenters. The summed E-state index contributed by atoms with van der Waals surface area (Å²) in [5.74, 6) is -0.473. The Morgan fingerprint density at radius 3 is 2.00 bits per heavy atom. The van der Waals surface area contributed by atoms with Crippen molar-refractivity contribution in [1.82, 2.24) is 4.90 Å². The first kappa shape index (κ1) is 12.4. The van der Waals surface area contributed by atoms with E-state index in [1.165, 1.54) is 19.3 Å². The van der Waals surface area contributed by atoms with Gasteiger partial charge in [-0.3, -0.25) is 9.59 Å². The van der Waals surface area contributed by atoms with Crippen LogP contribution < -0.4 is 0 Å². The molecule has 4 nitrogen and oxygen atoms in total. The number of carboxylic acid groups (broad SMARTS) is 1. The van der Waals surface area contributed by atoms with E-state index in [1.54, 1.807) is 0 Å². The van der Waals surface area contributed by atoms with Crippen LogP contribution in [0.4, 0.5) is 0 Å². The van der Waals surface area contributed by atoms with Crippen molar-refractivity contribution in [3.8, 4) is 0 Å². The molecule has 0 aromatic carbocycles. The Hall–Kier alpha value is -1.06. The number of carboxylic acids is 1. The first-order valence-corrected chi connectivity index (χ1v) is 6.70. The van der Waals surface area contributed by atoms with Crippen LogP contribution in [0.3, 0.4) is 0 Å². The molecular weight excluding hydrogens is 218 g/mol. The first-order valence-electron chi connectivity index (χ1n) is 6.70. The molecule has 1 N–H and O–H groups in total. The number of hydrogen-bond acceptors (Lipinski definition) is 2. The summed E-state index contributed by atoms with van der Waals surface area (Å²) in [6.45, 7) is 1.26. The van der Waals surface area contributed by atoms with Crippen LogP contribution in [0.5, 0.6) is 0 Å². The zero-order chi connectivity index (χ0) is 12.3. The lowest BCUT2D eigenvalue weighted by Crippen LogP contribution is -2.43. The van der Waals surface area contributed by atoms with Crippen LogP contribution >= 0.6 is 0 Å². The summed E-state index contributed by atoms with van der Waals surface area (Å²) in [4.78, 5) is 24.9. The van der Waals surface area contributed by atoms with Gasteiger partial charge in [0.15, 0.2) is 0 Å². The number of hydrogen-bond donors (Lipinski definition) is 1. The highest BCUT2D eigenvalue weighted by molar-refractivity contribution is 5.79. The third-order valence-corrected chi connectivity index (χ3v) is 4.11. The molecule has 1 saturated heterocycles. The van der Waals surface area contributed by atoms with E-state index in [4.69, 9.17) is 5.11 Å². The molecule has 1 amide bonds. The molecule has 1 heterocycles. The SMILES string of the molecule is O=C(O)C1CCN(C(=O)C2CCCCC2)CC1. The van der Waals surface area contributed by atoms with Gasteiger partial charge in [0.2, 0.25) is 5.91 Å². The molecule has 0 radical (unpaired) electrons. The molecule has 17 heavy (non-hydrogen) atoms. The lowest BCUT2D eigenvalue weighted by Gasteiger charge is -2.34. The van der Waals surface area contributed by atoms with Crippen molar-refractivity contribution < 1.29 is 14.7 Å². The van der Waals surface area contributed by atoms with E-state index in [0.717, 1.165) is 12.8 Å². The maximum atomic E-state index is 12.2. The van der Waals surface area contributed by atoms with Gasteiger partial charge >= 0.3 is 5.97 Å². The van der Waals surface area contributed by atoms with E-state index >= 15 is 0 Å². The largest absolute Gasteiger partial charge is 0.481 e. The van der Waals surface area contributed by atoms with Crippen molar-refractivity contribution in [2.45, 2.75) is 44.9 Å². The summed E-state index contributed by atoms with van der Waals surface area (Å²) < 4.78 is 0. The second-order valence-electron chi connectivity index (χ2n) is 5.27. The van der Waals surface area contributed by atoms with Crippen LogP contribution in [0.1, 0.15) is 44.9 Å². The highest BCUT2D eigenvalue weighted by Gasteiger charge is 2.30. The van der Waals surface area contributed by atoms with Gasteiger partial charge in [0.25, 0.3) is 0 Å². The summed E-state index contributed by atoms with van der Waals surface area (Å²) in [6, 6.07) is 0. The van der Waals surface area contributed by atoms with E-state index in [9.17, 15) is 9.59 Å². The van der Waals surface area contributed by atoms with Crippen molar-refractivity contribution in [2.75, 3.05) is 13.1 Å². The highest BCUT2D eigenvalue weighted by atomic mass is 16.4. The van der Waals surface area contributed by atoms with Crippen molar-refractivity contribution >= 4 is 11.9 Å². The van der Waals surface area contributed by atoms with Gasteiger partial charge < -0.3 is 10.0 Å². The molecule has 1 aliphatic carbocycles. The summed E-state index contributed by atoms with van der Waals surface area (Å²) in [5.41, 5.74) is 0. The second-order valence-corrected chi connectivity index (χ2v) is 5.27. The molecule has 0 aromatic rings. The number of nitrogens with zero attached hydrogens (tertiary/aromatic N) is 1. The zero-order valence-corrected chi connectivity index (χ0v) is 10.2. The molecule has 1 aliphatic heterocycles. The Labute approximate surface area is 102 Å². The Morgan fingerprint density at radius 1 is 0.882 bits per heavy atom. The number of piperidine rings is 1. The fourth-order valence-corrected chi connectivity index (χ4v) is 2.95. The normalized spacial score (nSPS) is 23.6. The summed E-state index contributed by atoms with van der Waals surface area (Å²) in [6.07, 6.45) is 6.88. The molecule has 0 aromatic heterocycles. The summed E-state index contributed by atoms with van der Waals surface area (Å²) >= 11 is 0. The van der Waals surface area contributed by atoms with Crippen LogP contribution in [0.15, 0.2) is 0 Å². The predicted octanol–water partition coefficient (Wildman–Crippen LogP) is 1.89. The fraction of sp³-hybridized carbons (Fsp3) is 0.846. The van der Waals surface area contributed by atoms with E-state index < -0.39 is 5.97 Å². The Morgan fingerprint density at radius 2 is 1.47 bits per heavy atom. The quantitative estimate of drug-likeness (QED) is 0.800. The molecule has 0 spiro atoms. The smallest absolute Gasteiger partial charge is 0.306 e. The summed E-state index contributed by atoms with van der Waals surface area (Å²) in [7, 11) is 0. The number of likely N-dealkylation sites (tertiary alicyclic amines) is 1. The number of carbonyl (C=O) groups excluding carboxylic acids is 1. The molecule has 2 aliphatic rings. The molecule has 2 rings (SSSR count). The average Bonchev–Trinajstić information content (AvgIpc) is 2.39. The molecule has 96 valence electrons. The molecule has 0 bridgehead atoms. The highest BCUT2D eigenvalue weighted by Crippen LogP contribution is 2.27. The number of amides is 1. The molecule has 4 heteroatoms. The Kier molecular flexibility index (Phi) is 4.02.